The van der Waals surface area contributed by atoms with E-state index in [2.05, 4.69) is 42.3 Å². The van der Waals surface area contributed by atoms with Crippen LogP contribution in [0.3, 0.4) is 0 Å². The van der Waals surface area contributed by atoms with Crippen LogP contribution in [-0.2, 0) is 11.2 Å². The number of likely N-dealkylation sites (N-methyl/N-ethyl adjacent to an activating group) is 1. The molecule has 1 unspecified atom stereocenters. The molecular formula is C23H28N2O2. The van der Waals surface area contributed by atoms with Gasteiger partial charge in [-0.2, -0.15) is 0 Å². The molecule has 0 bridgehead atoms. The minimum atomic E-state index is -0.0696. The fraction of sp³-hybridized carbons (Fsp3) is 0.348. The summed E-state index contributed by atoms with van der Waals surface area (Å²) in [7, 11) is 0. The van der Waals surface area contributed by atoms with E-state index in [-0.39, 0.29) is 11.9 Å². The first-order valence-electron chi connectivity index (χ1n) is 9.72. The lowest BCUT2D eigenvalue weighted by Crippen LogP contribution is -2.37. The molecule has 0 spiro atoms. The van der Waals surface area contributed by atoms with Gasteiger partial charge in [0.1, 0.15) is 5.75 Å². The molecule has 27 heavy (non-hydrogen) atoms. The number of hydrogen-bond donors (Lipinski definition) is 1. The molecule has 0 aromatic heterocycles. The molecule has 0 saturated carbocycles. The number of rotatable bonds is 8. The van der Waals surface area contributed by atoms with Crippen molar-refractivity contribution in [1.82, 2.24) is 10.2 Å². The Kier molecular flexibility index (Phi) is 6.66. The first-order chi connectivity index (χ1) is 13.2. The SMILES string of the molecule is CCN(CC)C(CNC(=O)/C=C/c1ccc2c(c1)CCO2)c1ccccc1. The molecule has 1 heterocycles. The van der Waals surface area contributed by atoms with Crippen LogP contribution < -0.4 is 10.1 Å². The Morgan fingerprint density at radius 2 is 1.96 bits per heavy atom. The molecule has 1 amide bonds. The van der Waals surface area contributed by atoms with E-state index in [0.29, 0.717) is 6.54 Å². The van der Waals surface area contributed by atoms with Crippen molar-refractivity contribution in [1.29, 1.82) is 0 Å². The number of carbonyl (C=O) groups excluding carboxylic acids is 1. The van der Waals surface area contributed by atoms with Gasteiger partial charge in [-0.25, -0.2) is 0 Å². The van der Waals surface area contributed by atoms with E-state index in [1.807, 2.05) is 36.4 Å². The van der Waals surface area contributed by atoms with Crippen LogP contribution in [0.2, 0.25) is 0 Å². The molecule has 0 radical (unpaired) electrons. The smallest absolute Gasteiger partial charge is 0.244 e. The summed E-state index contributed by atoms with van der Waals surface area (Å²) in [6.07, 6.45) is 4.41. The number of nitrogens with one attached hydrogen (secondary N) is 1. The van der Waals surface area contributed by atoms with Crippen LogP contribution in [0, 0.1) is 0 Å². The summed E-state index contributed by atoms with van der Waals surface area (Å²) < 4.78 is 5.52. The van der Waals surface area contributed by atoms with Crippen molar-refractivity contribution in [2.45, 2.75) is 26.3 Å². The molecule has 4 nitrogen and oxygen atoms in total. The zero-order valence-corrected chi connectivity index (χ0v) is 16.2. The zero-order valence-electron chi connectivity index (χ0n) is 16.2. The highest BCUT2D eigenvalue weighted by molar-refractivity contribution is 5.91. The maximum absolute atomic E-state index is 12.3. The Labute approximate surface area is 161 Å². The predicted octanol–water partition coefficient (Wildman–Crippen LogP) is 3.83. The van der Waals surface area contributed by atoms with Gasteiger partial charge in [0.05, 0.1) is 12.6 Å². The molecule has 3 rings (SSSR count). The molecule has 0 aliphatic carbocycles. The topological polar surface area (TPSA) is 41.6 Å². The lowest BCUT2D eigenvalue weighted by Gasteiger charge is -2.30. The van der Waals surface area contributed by atoms with Crippen molar-refractivity contribution in [3.8, 4) is 5.75 Å². The number of nitrogens with zero attached hydrogens (tertiary/aromatic N) is 1. The Balaban J connectivity index is 1.62. The van der Waals surface area contributed by atoms with Crippen molar-refractivity contribution in [3.05, 3.63) is 71.3 Å². The summed E-state index contributed by atoms with van der Waals surface area (Å²) in [5.41, 5.74) is 3.46. The first-order valence-corrected chi connectivity index (χ1v) is 9.72. The zero-order chi connectivity index (χ0) is 19.1. The van der Waals surface area contributed by atoms with Gasteiger partial charge >= 0.3 is 0 Å². The van der Waals surface area contributed by atoms with E-state index in [1.54, 1.807) is 6.08 Å². The molecular weight excluding hydrogens is 336 g/mol. The number of hydrogen-bond acceptors (Lipinski definition) is 3. The summed E-state index contributed by atoms with van der Waals surface area (Å²) in [5, 5.41) is 3.06. The van der Waals surface area contributed by atoms with Crippen LogP contribution >= 0.6 is 0 Å². The highest BCUT2D eigenvalue weighted by Crippen LogP contribution is 2.26. The highest BCUT2D eigenvalue weighted by atomic mass is 16.5. The lowest BCUT2D eigenvalue weighted by molar-refractivity contribution is -0.116. The number of amides is 1. The van der Waals surface area contributed by atoms with Gasteiger partial charge in [-0.1, -0.05) is 50.2 Å². The Morgan fingerprint density at radius 3 is 2.70 bits per heavy atom. The molecule has 1 aliphatic heterocycles. The van der Waals surface area contributed by atoms with Crippen molar-refractivity contribution in [3.63, 3.8) is 0 Å². The average Bonchev–Trinajstić information content (AvgIpc) is 3.18. The standard InChI is InChI=1S/C23H28N2O2/c1-3-25(4-2)21(19-8-6-5-7-9-19)17-24-23(26)13-11-18-10-12-22-20(16-18)14-15-27-22/h5-13,16,21H,3-4,14-15,17H2,1-2H3,(H,24,26)/b13-11+. The van der Waals surface area contributed by atoms with Crippen molar-refractivity contribution >= 4 is 12.0 Å². The van der Waals surface area contributed by atoms with Crippen LogP contribution in [0.5, 0.6) is 5.75 Å². The molecule has 142 valence electrons. The number of ether oxygens (including phenoxy) is 1. The molecule has 1 atom stereocenters. The van der Waals surface area contributed by atoms with Crippen molar-refractivity contribution < 1.29 is 9.53 Å². The monoisotopic (exact) mass is 364 g/mol. The third-order valence-electron chi connectivity index (χ3n) is 5.05. The second kappa shape index (κ2) is 9.38. The summed E-state index contributed by atoms with van der Waals surface area (Å²) in [5.74, 6) is 0.890. The van der Waals surface area contributed by atoms with Crippen LogP contribution in [0.15, 0.2) is 54.6 Å². The first kappa shape index (κ1) is 19.2. The number of fused-ring (bicyclic) bond motifs is 1. The van der Waals surface area contributed by atoms with Gasteiger partial charge in [-0.3, -0.25) is 9.69 Å². The van der Waals surface area contributed by atoms with Crippen LogP contribution in [0.4, 0.5) is 0 Å². The highest BCUT2D eigenvalue weighted by Gasteiger charge is 2.18. The normalized spacial score (nSPS) is 14.2. The largest absolute Gasteiger partial charge is 0.493 e. The Bertz CT molecular complexity index is 782. The molecule has 2 aromatic rings. The van der Waals surface area contributed by atoms with Gasteiger partial charge in [0, 0.05) is 19.0 Å². The van der Waals surface area contributed by atoms with Gasteiger partial charge in [0.25, 0.3) is 0 Å². The van der Waals surface area contributed by atoms with Crippen LogP contribution in [-0.4, -0.2) is 37.0 Å². The van der Waals surface area contributed by atoms with E-state index in [1.165, 1.54) is 11.1 Å². The lowest BCUT2D eigenvalue weighted by atomic mass is 10.0. The minimum absolute atomic E-state index is 0.0696. The van der Waals surface area contributed by atoms with Gasteiger partial charge in [0.15, 0.2) is 0 Å². The molecule has 4 heteroatoms. The molecule has 0 saturated heterocycles. The van der Waals surface area contributed by atoms with E-state index in [4.69, 9.17) is 4.74 Å². The summed E-state index contributed by atoms with van der Waals surface area (Å²) in [6, 6.07) is 16.6. The predicted molar refractivity (Wildman–Crippen MR) is 110 cm³/mol. The molecule has 2 aromatic carbocycles. The van der Waals surface area contributed by atoms with Crippen LogP contribution in [0.25, 0.3) is 6.08 Å². The van der Waals surface area contributed by atoms with E-state index in [0.717, 1.165) is 37.4 Å². The third kappa shape index (κ3) is 4.98. The summed E-state index contributed by atoms with van der Waals surface area (Å²) in [4.78, 5) is 14.7. The Hall–Kier alpha value is -2.59. The number of carbonyl (C=O) groups is 1. The summed E-state index contributed by atoms with van der Waals surface area (Å²) >= 11 is 0. The van der Waals surface area contributed by atoms with Gasteiger partial charge in [0.2, 0.25) is 5.91 Å². The maximum Gasteiger partial charge on any atom is 0.244 e. The second-order valence-electron chi connectivity index (χ2n) is 6.69. The van der Waals surface area contributed by atoms with E-state index < -0.39 is 0 Å². The molecule has 1 aliphatic rings. The number of benzene rings is 2. The van der Waals surface area contributed by atoms with Crippen molar-refractivity contribution in [2.24, 2.45) is 0 Å². The van der Waals surface area contributed by atoms with E-state index in [9.17, 15) is 4.79 Å². The minimum Gasteiger partial charge on any atom is -0.493 e. The second-order valence-corrected chi connectivity index (χ2v) is 6.69. The van der Waals surface area contributed by atoms with Gasteiger partial charge < -0.3 is 10.1 Å². The molecule has 1 N–H and O–H groups in total. The maximum atomic E-state index is 12.3. The molecule has 0 fully saturated rings. The summed E-state index contributed by atoms with van der Waals surface area (Å²) in [6.45, 7) is 7.53. The average molecular weight is 364 g/mol. The Morgan fingerprint density at radius 1 is 1.19 bits per heavy atom. The van der Waals surface area contributed by atoms with Gasteiger partial charge in [-0.05, 0) is 48.0 Å². The van der Waals surface area contributed by atoms with E-state index >= 15 is 0 Å². The fourth-order valence-electron chi connectivity index (χ4n) is 3.54. The van der Waals surface area contributed by atoms with Gasteiger partial charge in [-0.15, -0.1) is 0 Å². The van der Waals surface area contributed by atoms with Crippen LogP contribution in [0.1, 0.15) is 36.6 Å². The fourth-order valence-corrected chi connectivity index (χ4v) is 3.54. The quantitative estimate of drug-likeness (QED) is 0.724. The third-order valence-corrected chi connectivity index (χ3v) is 5.05. The van der Waals surface area contributed by atoms with Crippen molar-refractivity contribution in [2.75, 3.05) is 26.2 Å².